The Morgan fingerprint density at radius 3 is 2.30 bits per heavy atom. The zero-order valence-electron chi connectivity index (χ0n) is 16.3. The number of nitrogens with zero attached hydrogens (tertiary/aromatic N) is 3. The van der Waals surface area contributed by atoms with Crippen molar-refractivity contribution in [3.63, 3.8) is 0 Å². The number of halogens is 1. The Hall–Kier alpha value is -3.78. The van der Waals surface area contributed by atoms with Crippen LogP contribution in [0.3, 0.4) is 0 Å². The normalized spacial score (nSPS) is 10.6. The molecule has 0 saturated carbocycles. The molecule has 0 radical (unpaired) electrons. The van der Waals surface area contributed by atoms with Gasteiger partial charge in [0.25, 0.3) is 0 Å². The number of hydrogen-bond acceptors (Lipinski definition) is 8. The van der Waals surface area contributed by atoms with Gasteiger partial charge in [0, 0.05) is 17.6 Å². The number of aromatic nitrogens is 3. The summed E-state index contributed by atoms with van der Waals surface area (Å²) in [5.74, 6) is 1.88. The van der Waals surface area contributed by atoms with E-state index in [0.29, 0.717) is 39.5 Å². The first-order chi connectivity index (χ1) is 14.6. The van der Waals surface area contributed by atoms with Crippen LogP contribution in [0.15, 0.2) is 55.0 Å². The van der Waals surface area contributed by atoms with Crippen molar-refractivity contribution in [1.29, 1.82) is 0 Å². The van der Waals surface area contributed by atoms with Gasteiger partial charge in [-0.25, -0.2) is 9.97 Å². The number of pyridine rings is 1. The molecule has 0 spiro atoms. The van der Waals surface area contributed by atoms with Crippen molar-refractivity contribution in [3.05, 3.63) is 60.0 Å². The lowest BCUT2D eigenvalue weighted by molar-refractivity contribution is 0.396. The molecule has 4 rings (SSSR count). The average Bonchev–Trinajstić information content (AvgIpc) is 2.77. The first-order valence-electron chi connectivity index (χ1n) is 9.00. The first kappa shape index (κ1) is 19.5. The Morgan fingerprint density at radius 2 is 1.57 bits per heavy atom. The minimum absolute atomic E-state index is 0.333. The van der Waals surface area contributed by atoms with E-state index in [4.69, 9.17) is 26.8 Å². The monoisotopic (exact) mass is 422 g/mol. The Morgan fingerprint density at radius 1 is 0.867 bits per heavy atom. The number of rotatable bonds is 6. The second kappa shape index (κ2) is 8.30. The number of methoxy groups -OCH3 is 2. The number of fused-ring (bicyclic) bond motifs is 1. The second-order valence-corrected chi connectivity index (χ2v) is 6.71. The summed E-state index contributed by atoms with van der Waals surface area (Å²) in [6.07, 6.45) is 3.15. The molecule has 0 aliphatic heterocycles. The summed E-state index contributed by atoms with van der Waals surface area (Å²) in [4.78, 5) is 13.0. The van der Waals surface area contributed by atoms with Crippen molar-refractivity contribution in [2.24, 2.45) is 0 Å². The molecule has 4 N–H and O–H groups in total. The lowest BCUT2D eigenvalue weighted by Gasteiger charge is -2.16. The van der Waals surface area contributed by atoms with Crippen LogP contribution < -0.4 is 25.8 Å². The van der Waals surface area contributed by atoms with E-state index in [1.54, 1.807) is 25.4 Å². The van der Waals surface area contributed by atoms with E-state index in [1.807, 2.05) is 30.3 Å². The highest BCUT2D eigenvalue weighted by Crippen LogP contribution is 2.38. The quantitative estimate of drug-likeness (QED) is 0.408. The molecule has 0 aliphatic carbocycles. The molecule has 0 saturated heterocycles. The number of ether oxygens (including phenoxy) is 2. The number of anilines is 5. The molecule has 8 nitrogen and oxygen atoms in total. The number of para-hydroxylation sites is 1. The van der Waals surface area contributed by atoms with Crippen molar-refractivity contribution in [1.82, 2.24) is 15.0 Å². The fourth-order valence-corrected chi connectivity index (χ4v) is 3.25. The fourth-order valence-electron chi connectivity index (χ4n) is 3.01. The van der Waals surface area contributed by atoms with Gasteiger partial charge in [0.2, 0.25) is 0 Å². The maximum atomic E-state index is 6.34. The second-order valence-electron chi connectivity index (χ2n) is 6.30. The standard InChI is InChI=1S/C21H19ClN6O2/c1-29-16-10-17(30-2)15(9-13(16)22)28-21-18(23)20(25-11-26-21)27-14-7-3-5-12-6-4-8-24-19(12)14/h3-11H,23H2,1-2H3,(H2,25,26,27,28). The molecule has 0 unspecified atom stereocenters. The zero-order chi connectivity index (χ0) is 21.1. The largest absolute Gasteiger partial charge is 0.495 e. The van der Waals surface area contributed by atoms with Crippen LogP contribution in [-0.4, -0.2) is 29.2 Å². The number of hydrogen-bond donors (Lipinski definition) is 3. The van der Waals surface area contributed by atoms with Gasteiger partial charge in [-0.15, -0.1) is 0 Å². The van der Waals surface area contributed by atoms with Gasteiger partial charge in [-0.1, -0.05) is 29.8 Å². The Kier molecular flexibility index (Phi) is 5.40. The van der Waals surface area contributed by atoms with E-state index in [2.05, 4.69) is 25.6 Å². The van der Waals surface area contributed by atoms with Crippen LogP contribution in [0.1, 0.15) is 0 Å². The number of nitrogen functional groups attached to an aromatic ring is 1. The topological polar surface area (TPSA) is 107 Å². The summed E-state index contributed by atoms with van der Waals surface area (Å²) in [5, 5.41) is 7.82. The van der Waals surface area contributed by atoms with Gasteiger partial charge in [0.15, 0.2) is 11.6 Å². The highest BCUT2D eigenvalue weighted by atomic mass is 35.5. The Labute approximate surface area is 178 Å². The Bertz CT molecular complexity index is 1210. The van der Waals surface area contributed by atoms with Crippen molar-refractivity contribution in [2.45, 2.75) is 0 Å². The first-order valence-corrected chi connectivity index (χ1v) is 9.38. The fraction of sp³-hybridized carbons (Fsp3) is 0.0952. The molecule has 0 amide bonds. The third-order valence-corrected chi connectivity index (χ3v) is 4.79. The van der Waals surface area contributed by atoms with Crippen LogP contribution >= 0.6 is 11.6 Å². The zero-order valence-corrected chi connectivity index (χ0v) is 17.1. The summed E-state index contributed by atoms with van der Waals surface area (Å²) in [7, 11) is 3.09. The van der Waals surface area contributed by atoms with Crippen LogP contribution in [0, 0.1) is 0 Å². The predicted molar refractivity (Wildman–Crippen MR) is 119 cm³/mol. The van der Waals surface area contributed by atoms with E-state index in [0.717, 1.165) is 16.6 Å². The van der Waals surface area contributed by atoms with Crippen molar-refractivity contribution < 1.29 is 9.47 Å². The maximum Gasteiger partial charge on any atom is 0.159 e. The molecule has 2 aromatic carbocycles. The molecular formula is C21H19ClN6O2. The molecule has 4 aromatic rings. The molecule has 2 heterocycles. The van der Waals surface area contributed by atoms with Crippen LogP contribution in [0.5, 0.6) is 11.5 Å². The van der Waals surface area contributed by atoms with Gasteiger partial charge >= 0.3 is 0 Å². The van der Waals surface area contributed by atoms with Gasteiger partial charge < -0.3 is 25.8 Å². The van der Waals surface area contributed by atoms with Crippen molar-refractivity contribution in [2.75, 3.05) is 30.6 Å². The summed E-state index contributed by atoms with van der Waals surface area (Å²) in [6.45, 7) is 0. The summed E-state index contributed by atoms with van der Waals surface area (Å²) >= 11 is 6.25. The summed E-state index contributed by atoms with van der Waals surface area (Å²) in [6, 6.07) is 13.1. The molecule has 0 aliphatic rings. The van der Waals surface area contributed by atoms with Crippen LogP contribution in [0.4, 0.5) is 28.7 Å². The van der Waals surface area contributed by atoms with E-state index in [9.17, 15) is 0 Å². The molecule has 2 aromatic heterocycles. The lowest BCUT2D eigenvalue weighted by atomic mass is 10.2. The van der Waals surface area contributed by atoms with Crippen molar-refractivity contribution >= 4 is 51.2 Å². The number of nitrogens with two attached hydrogens (primary N) is 1. The average molecular weight is 423 g/mol. The van der Waals surface area contributed by atoms with Crippen LogP contribution in [0.2, 0.25) is 5.02 Å². The predicted octanol–water partition coefficient (Wildman–Crippen LogP) is 4.76. The van der Waals surface area contributed by atoms with Gasteiger partial charge in [-0.2, -0.15) is 0 Å². The third-order valence-electron chi connectivity index (χ3n) is 4.50. The number of benzene rings is 2. The summed E-state index contributed by atoms with van der Waals surface area (Å²) in [5.41, 5.74) is 8.86. The molecule has 9 heteroatoms. The van der Waals surface area contributed by atoms with Crippen LogP contribution in [0.25, 0.3) is 10.9 Å². The molecule has 0 atom stereocenters. The van der Waals surface area contributed by atoms with Gasteiger partial charge in [0.1, 0.15) is 23.5 Å². The molecule has 30 heavy (non-hydrogen) atoms. The minimum Gasteiger partial charge on any atom is -0.495 e. The maximum absolute atomic E-state index is 6.34. The lowest BCUT2D eigenvalue weighted by Crippen LogP contribution is -2.06. The van der Waals surface area contributed by atoms with Gasteiger partial charge in [-0.3, -0.25) is 4.98 Å². The smallest absolute Gasteiger partial charge is 0.159 e. The summed E-state index contributed by atoms with van der Waals surface area (Å²) < 4.78 is 10.7. The SMILES string of the molecule is COc1cc(OC)c(Nc2ncnc(Nc3cccc4cccnc34)c2N)cc1Cl. The molecule has 0 bridgehead atoms. The van der Waals surface area contributed by atoms with Gasteiger partial charge in [0.05, 0.1) is 36.1 Å². The minimum atomic E-state index is 0.333. The van der Waals surface area contributed by atoms with Crippen molar-refractivity contribution in [3.8, 4) is 11.5 Å². The highest BCUT2D eigenvalue weighted by Gasteiger charge is 2.15. The third kappa shape index (κ3) is 3.72. The highest BCUT2D eigenvalue weighted by molar-refractivity contribution is 6.32. The van der Waals surface area contributed by atoms with E-state index >= 15 is 0 Å². The van der Waals surface area contributed by atoms with Crippen LogP contribution in [-0.2, 0) is 0 Å². The Balaban J connectivity index is 1.68. The molecule has 152 valence electrons. The number of nitrogens with one attached hydrogen (secondary N) is 2. The van der Waals surface area contributed by atoms with Gasteiger partial charge in [-0.05, 0) is 18.2 Å². The molecule has 0 fully saturated rings. The van der Waals surface area contributed by atoms with E-state index < -0.39 is 0 Å². The van der Waals surface area contributed by atoms with E-state index in [1.165, 1.54) is 13.4 Å². The van der Waals surface area contributed by atoms with E-state index in [-0.39, 0.29) is 0 Å². The molecular weight excluding hydrogens is 404 g/mol.